The molecular formula is C46H26N4S2. The molecule has 4 nitrogen and oxygen atoms in total. The van der Waals surface area contributed by atoms with Crippen molar-refractivity contribution in [3.05, 3.63) is 158 Å². The lowest BCUT2D eigenvalue weighted by Crippen LogP contribution is -2.05. The zero-order valence-electron chi connectivity index (χ0n) is 27.6. The largest absolute Gasteiger partial charge is 0.295 e. The Balaban J connectivity index is 1.10. The number of benzene rings is 7. The molecule has 7 aromatic carbocycles. The second-order valence-corrected chi connectivity index (χ2v) is 15.5. The molecule has 0 saturated carbocycles. The molecule has 242 valence electrons. The Hall–Kier alpha value is -6.21. The van der Waals surface area contributed by atoms with Gasteiger partial charge in [-0.05, 0) is 65.4 Å². The number of aromatic nitrogens is 4. The minimum absolute atomic E-state index is 0.729. The summed E-state index contributed by atoms with van der Waals surface area (Å²) < 4.78 is 7.25. The van der Waals surface area contributed by atoms with Gasteiger partial charge in [-0.25, -0.2) is 9.97 Å². The van der Waals surface area contributed by atoms with Crippen LogP contribution in [-0.4, -0.2) is 19.1 Å². The number of rotatable bonds is 3. The van der Waals surface area contributed by atoms with Crippen molar-refractivity contribution < 1.29 is 0 Å². The second kappa shape index (κ2) is 10.7. The van der Waals surface area contributed by atoms with Crippen molar-refractivity contribution in [3.63, 3.8) is 0 Å². The fraction of sp³-hybridized carbons (Fsp3) is 0. The van der Waals surface area contributed by atoms with E-state index in [-0.39, 0.29) is 0 Å². The molecule has 4 aromatic heterocycles. The van der Waals surface area contributed by atoms with Crippen molar-refractivity contribution in [3.8, 4) is 34.0 Å². The van der Waals surface area contributed by atoms with E-state index >= 15 is 0 Å². The van der Waals surface area contributed by atoms with E-state index in [0.717, 1.165) is 43.9 Å². The molecule has 0 fully saturated rings. The van der Waals surface area contributed by atoms with Crippen LogP contribution in [0, 0.1) is 0 Å². The quantitative estimate of drug-likeness (QED) is 0.184. The lowest BCUT2D eigenvalue weighted by Gasteiger charge is -2.21. The van der Waals surface area contributed by atoms with Crippen LogP contribution >= 0.6 is 23.1 Å². The molecule has 52 heavy (non-hydrogen) atoms. The summed E-state index contributed by atoms with van der Waals surface area (Å²) >= 11 is 3.63. The summed E-state index contributed by atoms with van der Waals surface area (Å²) in [5.74, 6) is 0.729. The molecule has 0 atom stereocenters. The average Bonchev–Trinajstić information content (AvgIpc) is 3.86. The molecule has 12 rings (SSSR count). The summed E-state index contributed by atoms with van der Waals surface area (Å²) in [6, 6.07) is 56.8. The lowest BCUT2D eigenvalue weighted by atomic mass is 10.0. The monoisotopic (exact) mass is 698 g/mol. The Bertz CT molecular complexity index is 3270. The lowest BCUT2D eigenvalue weighted by molar-refractivity contribution is 1.03. The predicted molar refractivity (Wildman–Crippen MR) is 219 cm³/mol. The van der Waals surface area contributed by atoms with Crippen molar-refractivity contribution in [2.45, 2.75) is 9.79 Å². The maximum Gasteiger partial charge on any atom is 0.160 e. The molecule has 11 aromatic rings. The smallest absolute Gasteiger partial charge is 0.160 e. The number of fused-ring (bicyclic) bond motifs is 11. The fourth-order valence-electron chi connectivity index (χ4n) is 8.28. The Morgan fingerprint density at radius 2 is 1.23 bits per heavy atom. The highest BCUT2D eigenvalue weighted by Gasteiger charge is 2.27. The van der Waals surface area contributed by atoms with Gasteiger partial charge in [-0.3, -0.25) is 9.13 Å². The van der Waals surface area contributed by atoms with Crippen molar-refractivity contribution in [1.29, 1.82) is 0 Å². The zero-order chi connectivity index (χ0) is 33.9. The van der Waals surface area contributed by atoms with Gasteiger partial charge in [0.05, 0.1) is 32.6 Å². The van der Waals surface area contributed by atoms with Gasteiger partial charge in [-0.1, -0.05) is 115 Å². The van der Waals surface area contributed by atoms with Gasteiger partial charge in [0.1, 0.15) is 5.65 Å². The van der Waals surface area contributed by atoms with Crippen LogP contribution < -0.4 is 0 Å². The number of hydrogen-bond acceptors (Lipinski definition) is 4. The first kappa shape index (κ1) is 28.5. The number of hydrogen-bond donors (Lipinski definition) is 0. The van der Waals surface area contributed by atoms with Crippen molar-refractivity contribution in [2.24, 2.45) is 0 Å². The molecule has 1 aliphatic rings. The molecule has 5 heterocycles. The van der Waals surface area contributed by atoms with Crippen LogP contribution in [0.2, 0.25) is 0 Å². The normalized spacial score (nSPS) is 12.5. The Labute approximate surface area is 306 Å². The molecule has 0 aliphatic carbocycles. The predicted octanol–water partition coefficient (Wildman–Crippen LogP) is 12.8. The number of thiophene rings is 1. The Kier molecular flexibility index (Phi) is 5.84. The maximum absolute atomic E-state index is 5.36. The van der Waals surface area contributed by atoms with E-state index in [2.05, 4.69) is 167 Å². The van der Waals surface area contributed by atoms with Crippen molar-refractivity contribution in [1.82, 2.24) is 19.1 Å². The van der Waals surface area contributed by atoms with E-state index in [4.69, 9.17) is 9.97 Å². The summed E-state index contributed by atoms with van der Waals surface area (Å²) in [4.78, 5) is 13.2. The van der Waals surface area contributed by atoms with E-state index in [1.165, 1.54) is 63.8 Å². The fourth-order valence-corrected chi connectivity index (χ4v) is 10.5. The van der Waals surface area contributed by atoms with E-state index in [0.29, 0.717) is 0 Å². The van der Waals surface area contributed by atoms with Gasteiger partial charge < -0.3 is 0 Å². The molecule has 0 bridgehead atoms. The topological polar surface area (TPSA) is 35.6 Å². The number of nitrogens with zero attached hydrogens (tertiary/aromatic N) is 4. The molecule has 0 N–H and O–H groups in total. The highest BCUT2D eigenvalue weighted by atomic mass is 32.2. The van der Waals surface area contributed by atoms with E-state index in [9.17, 15) is 0 Å². The molecular weight excluding hydrogens is 673 g/mol. The highest BCUT2D eigenvalue weighted by molar-refractivity contribution is 7.99. The van der Waals surface area contributed by atoms with Crippen LogP contribution in [0.5, 0.6) is 0 Å². The van der Waals surface area contributed by atoms with Gasteiger partial charge in [0.15, 0.2) is 5.82 Å². The van der Waals surface area contributed by atoms with E-state index in [1.807, 2.05) is 11.8 Å². The molecule has 0 saturated heterocycles. The minimum Gasteiger partial charge on any atom is -0.295 e. The molecule has 0 amide bonds. The van der Waals surface area contributed by atoms with Crippen LogP contribution in [0.25, 0.3) is 97.9 Å². The Morgan fingerprint density at radius 3 is 2.15 bits per heavy atom. The highest BCUT2D eigenvalue weighted by Crippen LogP contribution is 2.49. The molecule has 1 aliphatic heterocycles. The molecule has 0 radical (unpaired) electrons. The second-order valence-electron chi connectivity index (χ2n) is 13.4. The molecule has 6 heteroatoms. The van der Waals surface area contributed by atoms with E-state index in [1.54, 1.807) is 11.3 Å². The van der Waals surface area contributed by atoms with E-state index < -0.39 is 0 Å². The van der Waals surface area contributed by atoms with Crippen LogP contribution in [0.15, 0.2) is 168 Å². The first-order valence-electron chi connectivity index (χ1n) is 17.4. The first-order chi connectivity index (χ1) is 25.8. The zero-order valence-corrected chi connectivity index (χ0v) is 29.2. The van der Waals surface area contributed by atoms with Gasteiger partial charge in [-0.2, -0.15) is 0 Å². The summed E-state index contributed by atoms with van der Waals surface area (Å²) in [7, 11) is 0. The first-order valence-corrected chi connectivity index (χ1v) is 19.1. The van der Waals surface area contributed by atoms with Gasteiger partial charge in [0.2, 0.25) is 0 Å². The van der Waals surface area contributed by atoms with Crippen molar-refractivity contribution >= 4 is 87.0 Å². The maximum atomic E-state index is 5.36. The third kappa shape index (κ3) is 3.88. The minimum atomic E-state index is 0.729. The third-order valence-corrected chi connectivity index (χ3v) is 12.8. The molecule has 0 spiro atoms. The molecule has 0 unspecified atom stereocenters. The number of para-hydroxylation sites is 3. The van der Waals surface area contributed by atoms with Crippen molar-refractivity contribution in [2.75, 3.05) is 0 Å². The van der Waals surface area contributed by atoms with Crippen LogP contribution in [-0.2, 0) is 0 Å². The summed E-state index contributed by atoms with van der Waals surface area (Å²) in [5, 5.41) is 7.38. The summed E-state index contributed by atoms with van der Waals surface area (Å²) in [6.07, 6.45) is 0. The van der Waals surface area contributed by atoms with Gasteiger partial charge in [-0.15, -0.1) is 11.3 Å². The van der Waals surface area contributed by atoms with Crippen LogP contribution in [0.1, 0.15) is 0 Å². The van der Waals surface area contributed by atoms with Gasteiger partial charge in [0, 0.05) is 52.9 Å². The Morgan fingerprint density at radius 1 is 0.519 bits per heavy atom. The standard InChI is InChI=1S/C46H26N4S2/c1-2-13-30-27(11-1)12-9-16-31(30)41-44-42(33-15-4-7-20-37(33)52-44)48-45(47-41)28-23-25-29(26-24-28)49-35-18-5-3-14-32(35)40-34-17-10-22-39-43(34)50(46(40)49)36-19-6-8-21-38(36)51-39/h1-26H. The van der Waals surface area contributed by atoms with Crippen LogP contribution in [0.4, 0.5) is 0 Å². The van der Waals surface area contributed by atoms with Gasteiger partial charge in [0.25, 0.3) is 0 Å². The summed E-state index contributed by atoms with van der Waals surface area (Å²) in [6.45, 7) is 0. The SMILES string of the molecule is c1ccc2c(c1)Sc1cccc3c4c5ccccc5n(-c5ccc(-c6nc(-c7cccc8ccccc78)c7sc8ccccc8c7n6)cc5)c4n-2c13. The summed E-state index contributed by atoms with van der Waals surface area (Å²) in [5.41, 5.74) is 10.1. The van der Waals surface area contributed by atoms with Gasteiger partial charge >= 0.3 is 0 Å². The van der Waals surface area contributed by atoms with Crippen LogP contribution in [0.3, 0.4) is 0 Å². The average molecular weight is 699 g/mol. The third-order valence-electron chi connectivity index (χ3n) is 10.5.